The average Bonchev–Trinajstić information content (AvgIpc) is 2.40. The molecule has 20 heavy (non-hydrogen) atoms. The number of aromatic carboxylic acids is 1. The maximum atomic E-state index is 11.4. The highest BCUT2D eigenvalue weighted by Crippen LogP contribution is 2.35. The number of aryl methyl sites for hydroxylation is 1. The van der Waals surface area contributed by atoms with E-state index in [1.807, 2.05) is 6.92 Å². The molecule has 0 aliphatic carbocycles. The second kappa shape index (κ2) is 5.88. The summed E-state index contributed by atoms with van der Waals surface area (Å²) in [5.41, 5.74) is 1.80. The molecule has 2 aromatic rings. The van der Waals surface area contributed by atoms with E-state index in [0.29, 0.717) is 29.2 Å². The summed E-state index contributed by atoms with van der Waals surface area (Å²) in [6, 6.07) is 3.29. The fraction of sp³-hybridized carbons (Fsp3) is 0.214. The van der Waals surface area contributed by atoms with E-state index in [0.717, 1.165) is 0 Å². The summed E-state index contributed by atoms with van der Waals surface area (Å²) >= 11 is 5.88. The molecule has 0 aliphatic rings. The smallest absolute Gasteiger partial charge is 0.338 e. The van der Waals surface area contributed by atoms with Crippen molar-refractivity contribution in [2.45, 2.75) is 13.8 Å². The number of rotatable bonds is 4. The van der Waals surface area contributed by atoms with Crippen molar-refractivity contribution in [1.29, 1.82) is 0 Å². The zero-order valence-corrected chi connectivity index (χ0v) is 11.8. The molecule has 0 bridgehead atoms. The van der Waals surface area contributed by atoms with Crippen LogP contribution in [0.2, 0.25) is 5.15 Å². The van der Waals surface area contributed by atoms with Gasteiger partial charge in [-0.05, 0) is 31.5 Å². The van der Waals surface area contributed by atoms with Gasteiger partial charge in [0.25, 0.3) is 0 Å². The summed E-state index contributed by atoms with van der Waals surface area (Å²) in [5.74, 6) is -0.615. The lowest BCUT2D eigenvalue weighted by molar-refractivity contribution is 0.0697. The Morgan fingerprint density at radius 3 is 2.80 bits per heavy atom. The monoisotopic (exact) mass is 292 g/mol. The van der Waals surface area contributed by atoms with E-state index in [1.54, 1.807) is 19.1 Å². The molecule has 0 fully saturated rings. The number of aromatic nitrogens is 2. The van der Waals surface area contributed by atoms with E-state index < -0.39 is 5.97 Å². The number of nitrogens with zero attached hydrogens (tertiary/aromatic N) is 2. The number of pyridine rings is 2. The third-order valence-electron chi connectivity index (χ3n) is 2.75. The Hall–Kier alpha value is -2.14. The zero-order chi connectivity index (χ0) is 14.7. The van der Waals surface area contributed by atoms with Crippen molar-refractivity contribution < 1.29 is 14.6 Å². The highest BCUT2D eigenvalue weighted by molar-refractivity contribution is 6.29. The van der Waals surface area contributed by atoms with Gasteiger partial charge in [-0.3, -0.25) is 4.98 Å². The maximum absolute atomic E-state index is 11.4. The third-order valence-corrected chi connectivity index (χ3v) is 2.95. The van der Waals surface area contributed by atoms with Crippen LogP contribution in [-0.2, 0) is 0 Å². The van der Waals surface area contributed by atoms with Crippen LogP contribution >= 0.6 is 11.6 Å². The summed E-state index contributed by atoms with van der Waals surface area (Å²) in [4.78, 5) is 19.4. The van der Waals surface area contributed by atoms with Crippen LogP contribution in [0, 0.1) is 6.92 Å². The lowest BCUT2D eigenvalue weighted by Crippen LogP contribution is -2.06. The summed E-state index contributed by atoms with van der Waals surface area (Å²) in [7, 11) is 0. The summed E-state index contributed by atoms with van der Waals surface area (Å²) < 4.78 is 5.56. The van der Waals surface area contributed by atoms with Gasteiger partial charge in [0.2, 0.25) is 0 Å². The largest absolute Gasteiger partial charge is 0.491 e. The molecule has 1 N–H and O–H groups in total. The molecule has 0 atom stereocenters. The lowest BCUT2D eigenvalue weighted by atomic mass is 10.0. The Morgan fingerprint density at radius 2 is 2.20 bits per heavy atom. The Labute approximate surface area is 121 Å². The van der Waals surface area contributed by atoms with Crippen LogP contribution in [0.25, 0.3) is 11.1 Å². The standard InChI is InChI=1S/C14H13ClN2O3/c1-3-20-13-8(2)17-7-10(14(18)19)12(13)9-4-5-16-11(15)6-9/h4-7H,3H2,1-2H3,(H,18,19). The summed E-state index contributed by atoms with van der Waals surface area (Å²) in [6.07, 6.45) is 2.85. The van der Waals surface area contributed by atoms with Gasteiger partial charge in [0.05, 0.1) is 17.9 Å². The van der Waals surface area contributed by atoms with Crippen molar-refractivity contribution in [2.24, 2.45) is 0 Å². The molecule has 0 unspecified atom stereocenters. The van der Waals surface area contributed by atoms with E-state index in [4.69, 9.17) is 16.3 Å². The second-order valence-corrected chi connectivity index (χ2v) is 4.45. The minimum atomic E-state index is -1.07. The van der Waals surface area contributed by atoms with Gasteiger partial charge >= 0.3 is 5.97 Å². The van der Waals surface area contributed by atoms with Crippen LogP contribution in [0.15, 0.2) is 24.5 Å². The van der Waals surface area contributed by atoms with Crippen LogP contribution in [-0.4, -0.2) is 27.7 Å². The highest BCUT2D eigenvalue weighted by atomic mass is 35.5. The summed E-state index contributed by atoms with van der Waals surface area (Å²) in [5, 5.41) is 9.62. The van der Waals surface area contributed by atoms with Crippen molar-refractivity contribution in [3.05, 3.63) is 40.9 Å². The molecule has 104 valence electrons. The van der Waals surface area contributed by atoms with E-state index in [-0.39, 0.29) is 10.7 Å². The average molecular weight is 293 g/mol. The van der Waals surface area contributed by atoms with Gasteiger partial charge in [-0.25, -0.2) is 9.78 Å². The van der Waals surface area contributed by atoms with E-state index in [2.05, 4.69) is 9.97 Å². The molecule has 2 aromatic heterocycles. The van der Waals surface area contributed by atoms with Crippen molar-refractivity contribution >= 4 is 17.6 Å². The molecule has 0 aromatic carbocycles. The SMILES string of the molecule is CCOc1c(C)ncc(C(=O)O)c1-c1ccnc(Cl)c1. The number of hydrogen-bond acceptors (Lipinski definition) is 4. The molecule has 0 aliphatic heterocycles. The van der Waals surface area contributed by atoms with Gasteiger partial charge in [-0.2, -0.15) is 0 Å². The van der Waals surface area contributed by atoms with Crippen molar-refractivity contribution in [2.75, 3.05) is 6.61 Å². The zero-order valence-electron chi connectivity index (χ0n) is 11.1. The van der Waals surface area contributed by atoms with Crippen molar-refractivity contribution in [3.63, 3.8) is 0 Å². The quantitative estimate of drug-likeness (QED) is 0.876. The Kier molecular flexibility index (Phi) is 4.20. The Morgan fingerprint density at radius 1 is 1.45 bits per heavy atom. The van der Waals surface area contributed by atoms with E-state index >= 15 is 0 Å². The summed E-state index contributed by atoms with van der Waals surface area (Å²) in [6.45, 7) is 4.01. The van der Waals surface area contributed by atoms with Crippen LogP contribution in [0.4, 0.5) is 0 Å². The van der Waals surface area contributed by atoms with Gasteiger partial charge in [-0.15, -0.1) is 0 Å². The van der Waals surface area contributed by atoms with Gasteiger partial charge in [-0.1, -0.05) is 11.6 Å². The second-order valence-electron chi connectivity index (χ2n) is 4.07. The molecule has 0 radical (unpaired) electrons. The van der Waals surface area contributed by atoms with Gasteiger partial charge in [0.15, 0.2) is 0 Å². The highest BCUT2D eigenvalue weighted by Gasteiger charge is 2.20. The molecular formula is C14H13ClN2O3. The first-order valence-electron chi connectivity index (χ1n) is 6.02. The molecule has 0 saturated carbocycles. The molecular weight excluding hydrogens is 280 g/mol. The van der Waals surface area contributed by atoms with Gasteiger partial charge in [0.1, 0.15) is 10.9 Å². The van der Waals surface area contributed by atoms with Crippen LogP contribution in [0.1, 0.15) is 23.0 Å². The van der Waals surface area contributed by atoms with E-state index in [9.17, 15) is 9.90 Å². The van der Waals surface area contributed by atoms with Crippen molar-refractivity contribution in [1.82, 2.24) is 9.97 Å². The molecule has 6 heteroatoms. The third kappa shape index (κ3) is 2.72. The first-order chi connectivity index (χ1) is 9.54. The van der Waals surface area contributed by atoms with Gasteiger partial charge < -0.3 is 9.84 Å². The number of halogens is 1. The predicted octanol–water partition coefficient (Wildman–Crippen LogP) is 3.20. The Balaban J connectivity index is 2.75. The minimum Gasteiger partial charge on any atom is -0.491 e. The molecule has 0 spiro atoms. The fourth-order valence-electron chi connectivity index (χ4n) is 1.92. The number of carboxylic acid groups (broad SMARTS) is 1. The number of carboxylic acids is 1. The normalized spacial score (nSPS) is 10.3. The molecule has 2 rings (SSSR count). The van der Waals surface area contributed by atoms with Crippen LogP contribution in [0.5, 0.6) is 5.75 Å². The Bertz CT molecular complexity index is 659. The number of carbonyl (C=O) groups is 1. The first-order valence-corrected chi connectivity index (χ1v) is 6.40. The van der Waals surface area contributed by atoms with Crippen LogP contribution < -0.4 is 4.74 Å². The minimum absolute atomic E-state index is 0.0707. The van der Waals surface area contributed by atoms with Crippen molar-refractivity contribution in [3.8, 4) is 16.9 Å². The molecule has 0 amide bonds. The molecule has 2 heterocycles. The number of hydrogen-bond donors (Lipinski definition) is 1. The molecule has 0 saturated heterocycles. The lowest BCUT2D eigenvalue weighted by Gasteiger charge is -2.15. The molecule has 5 nitrogen and oxygen atoms in total. The first kappa shape index (κ1) is 14.3. The topological polar surface area (TPSA) is 72.3 Å². The van der Waals surface area contributed by atoms with Crippen LogP contribution in [0.3, 0.4) is 0 Å². The fourth-order valence-corrected chi connectivity index (χ4v) is 2.09. The predicted molar refractivity (Wildman–Crippen MR) is 75.3 cm³/mol. The van der Waals surface area contributed by atoms with E-state index in [1.165, 1.54) is 12.4 Å². The van der Waals surface area contributed by atoms with Gasteiger partial charge in [0, 0.05) is 18.0 Å². The number of ether oxygens (including phenoxy) is 1. The maximum Gasteiger partial charge on any atom is 0.338 e.